The molecule has 0 bridgehead atoms. The first-order valence-electron chi connectivity index (χ1n) is 8.79. The van der Waals surface area contributed by atoms with Gasteiger partial charge in [-0.25, -0.2) is 4.68 Å². The molecule has 0 aliphatic heterocycles. The van der Waals surface area contributed by atoms with E-state index in [0.29, 0.717) is 25.7 Å². The average molecular weight is 373 g/mol. The molecule has 7 nitrogen and oxygen atoms in total. The third-order valence-electron chi connectivity index (χ3n) is 4.31. The molecule has 1 fully saturated rings. The summed E-state index contributed by atoms with van der Waals surface area (Å²) in [5.74, 6) is -0.260. The third-order valence-corrected chi connectivity index (χ3v) is 4.31. The highest BCUT2D eigenvalue weighted by Crippen LogP contribution is 2.16. The maximum atomic E-state index is 12.1. The Bertz CT molecular complexity index is 571. The van der Waals surface area contributed by atoms with Crippen LogP contribution in [0.2, 0.25) is 0 Å². The average Bonchev–Trinajstić information content (AvgIpc) is 2.86. The van der Waals surface area contributed by atoms with Crippen molar-refractivity contribution in [3.63, 3.8) is 0 Å². The fourth-order valence-electron chi connectivity index (χ4n) is 2.93. The van der Waals surface area contributed by atoms with Crippen LogP contribution in [0.5, 0.6) is 0 Å². The van der Waals surface area contributed by atoms with Gasteiger partial charge in [0.15, 0.2) is 0 Å². The molecule has 1 aliphatic carbocycles. The molecule has 25 heavy (non-hydrogen) atoms. The fourth-order valence-corrected chi connectivity index (χ4v) is 2.93. The number of carbonyl (C=O) groups is 1. The van der Waals surface area contributed by atoms with E-state index < -0.39 is 0 Å². The lowest BCUT2D eigenvalue weighted by Crippen LogP contribution is -2.37. The summed E-state index contributed by atoms with van der Waals surface area (Å²) in [7, 11) is 1.56. The maximum Gasteiger partial charge on any atom is 0.271 e. The lowest BCUT2D eigenvalue weighted by Gasteiger charge is -2.16. The number of aromatic nitrogens is 2. The van der Waals surface area contributed by atoms with Gasteiger partial charge in [-0.3, -0.25) is 9.59 Å². The van der Waals surface area contributed by atoms with Gasteiger partial charge < -0.3 is 15.4 Å². The first kappa shape index (κ1) is 21.6. The van der Waals surface area contributed by atoms with Crippen molar-refractivity contribution < 1.29 is 9.53 Å². The number of methoxy groups -OCH3 is 1. The molecule has 142 valence electrons. The van der Waals surface area contributed by atoms with Crippen LogP contribution in [0.1, 0.15) is 49.0 Å². The number of halogens is 1. The van der Waals surface area contributed by atoms with Crippen molar-refractivity contribution in [1.29, 1.82) is 0 Å². The van der Waals surface area contributed by atoms with Crippen LogP contribution >= 0.6 is 12.4 Å². The summed E-state index contributed by atoms with van der Waals surface area (Å²) in [4.78, 5) is 23.8. The second kappa shape index (κ2) is 12.0. The molecule has 0 saturated heterocycles. The zero-order chi connectivity index (χ0) is 17.2. The Balaban J connectivity index is 0.00000312. The Kier molecular flexibility index (Phi) is 10.4. The molecule has 2 rings (SSSR count). The summed E-state index contributed by atoms with van der Waals surface area (Å²) in [6.45, 7) is 2.01. The van der Waals surface area contributed by atoms with E-state index >= 15 is 0 Å². The summed E-state index contributed by atoms with van der Waals surface area (Å²) in [5.41, 5.74) is 0.0128. The molecule has 8 heteroatoms. The lowest BCUT2D eigenvalue weighted by atomic mass is 10.1. The molecule has 1 aliphatic rings. The molecular weight excluding hydrogens is 344 g/mol. The van der Waals surface area contributed by atoms with Crippen LogP contribution in [0.25, 0.3) is 0 Å². The Labute approximate surface area is 154 Å². The van der Waals surface area contributed by atoms with Crippen molar-refractivity contribution >= 4 is 18.3 Å². The van der Waals surface area contributed by atoms with E-state index in [4.69, 9.17) is 4.74 Å². The number of hydrogen-bond donors (Lipinski definition) is 2. The summed E-state index contributed by atoms with van der Waals surface area (Å²) in [5, 5.41) is 10.4. The number of nitrogens with zero attached hydrogens (tertiary/aromatic N) is 2. The van der Waals surface area contributed by atoms with Gasteiger partial charge in [-0.05, 0) is 18.9 Å². The Morgan fingerprint density at radius 3 is 2.64 bits per heavy atom. The van der Waals surface area contributed by atoms with Crippen molar-refractivity contribution in [2.45, 2.75) is 51.1 Å². The van der Waals surface area contributed by atoms with E-state index in [1.54, 1.807) is 7.11 Å². The van der Waals surface area contributed by atoms with Gasteiger partial charge >= 0.3 is 0 Å². The molecule has 1 saturated carbocycles. The van der Waals surface area contributed by atoms with E-state index in [2.05, 4.69) is 15.7 Å². The molecule has 0 atom stereocenters. The topological polar surface area (TPSA) is 85.2 Å². The van der Waals surface area contributed by atoms with Gasteiger partial charge in [0.1, 0.15) is 5.69 Å². The third kappa shape index (κ3) is 7.54. The van der Waals surface area contributed by atoms with E-state index in [9.17, 15) is 9.59 Å². The van der Waals surface area contributed by atoms with E-state index in [-0.39, 0.29) is 29.6 Å². The van der Waals surface area contributed by atoms with Gasteiger partial charge in [-0.15, -0.1) is 12.4 Å². The monoisotopic (exact) mass is 372 g/mol. The van der Waals surface area contributed by atoms with Crippen molar-refractivity contribution in [3.05, 3.63) is 28.2 Å². The van der Waals surface area contributed by atoms with Gasteiger partial charge in [0.2, 0.25) is 0 Å². The molecule has 0 radical (unpaired) electrons. The van der Waals surface area contributed by atoms with Gasteiger partial charge in [0.25, 0.3) is 11.5 Å². The summed E-state index contributed by atoms with van der Waals surface area (Å²) in [6.07, 6.45) is 7.69. The SMILES string of the molecule is COCCn1nc(C(=O)NCCNC2CCCCCC2)ccc1=O.Cl. The highest BCUT2D eigenvalue weighted by atomic mass is 35.5. The van der Waals surface area contributed by atoms with E-state index in [1.165, 1.54) is 55.3 Å². The number of ether oxygens (including phenoxy) is 1. The molecular formula is C17H29ClN4O3. The number of rotatable bonds is 8. The first-order chi connectivity index (χ1) is 11.7. The zero-order valence-corrected chi connectivity index (χ0v) is 15.6. The smallest absolute Gasteiger partial charge is 0.271 e. The molecule has 1 heterocycles. The number of nitrogens with one attached hydrogen (secondary N) is 2. The van der Waals surface area contributed by atoms with Crippen LogP contribution in [0.15, 0.2) is 16.9 Å². The predicted octanol–water partition coefficient (Wildman–Crippen LogP) is 1.35. The Morgan fingerprint density at radius 1 is 1.24 bits per heavy atom. The van der Waals surface area contributed by atoms with Gasteiger partial charge in [-0.1, -0.05) is 25.7 Å². The van der Waals surface area contributed by atoms with Crippen LogP contribution < -0.4 is 16.2 Å². The van der Waals surface area contributed by atoms with E-state index in [1.807, 2.05) is 0 Å². The Morgan fingerprint density at radius 2 is 1.96 bits per heavy atom. The summed E-state index contributed by atoms with van der Waals surface area (Å²) in [6, 6.07) is 3.39. The molecule has 0 aromatic carbocycles. The van der Waals surface area contributed by atoms with Crippen LogP contribution in [-0.4, -0.2) is 48.5 Å². The number of carbonyl (C=O) groups excluding carboxylic acids is 1. The minimum absolute atomic E-state index is 0. The largest absolute Gasteiger partial charge is 0.383 e. The molecule has 0 spiro atoms. The number of amides is 1. The first-order valence-corrected chi connectivity index (χ1v) is 8.79. The minimum Gasteiger partial charge on any atom is -0.383 e. The van der Waals surface area contributed by atoms with Crippen LogP contribution in [0, 0.1) is 0 Å². The van der Waals surface area contributed by atoms with Gasteiger partial charge in [-0.2, -0.15) is 5.10 Å². The standard InChI is InChI=1S/C17H28N4O3.ClH/c1-24-13-12-21-16(22)9-8-15(20-21)17(23)19-11-10-18-14-6-4-2-3-5-7-14;/h8-9,14,18H,2-7,10-13H2,1H3,(H,19,23);1H. The van der Waals surface area contributed by atoms with E-state index in [0.717, 1.165) is 6.54 Å². The zero-order valence-electron chi connectivity index (χ0n) is 14.8. The minimum atomic E-state index is -0.260. The maximum absolute atomic E-state index is 12.1. The summed E-state index contributed by atoms with van der Waals surface area (Å²) >= 11 is 0. The highest BCUT2D eigenvalue weighted by Gasteiger charge is 2.12. The lowest BCUT2D eigenvalue weighted by molar-refractivity contribution is 0.0945. The quantitative estimate of drug-likeness (QED) is 0.531. The Hall–Kier alpha value is -1.44. The highest BCUT2D eigenvalue weighted by molar-refractivity contribution is 5.91. The van der Waals surface area contributed by atoms with Crippen molar-refractivity contribution in [3.8, 4) is 0 Å². The normalized spacial score (nSPS) is 15.2. The molecule has 1 aromatic heterocycles. The number of hydrogen-bond acceptors (Lipinski definition) is 5. The van der Waals surface area contributed by atoms with Crippen molar-refractivity contribution in [2.75, 3.05) is 26.8 Å². The molecule has 2 N–H and O–H groups in total. The van der Waals surface area contributed by atoms with Crippen molar-refractivity contribution in [1.82, 2.24) is 20.4 Å². The van der Waals surface area contributed by atoms with Crippen LogP contribution in [-0.2, 0) is 11.3 Å². The molecule has 1 aromatic rings. The predicted molar refractivity (Wildman–Crippen MR) is 99.4 cm³/mol. The van der Waals surface area contributed by atoms with Crippen molar-refractivity contribution in [2.24, 2.45) is 0 Å². The molecule has 0 unspecified atom stereocenters. The fraction of sp³-hybridized carbons (Fsp3) is 0.706. The molecule has 1 amide bonds. The second-order valence-corrected chi connectivity index (χ2v) is 6.17. The summed E-state index contributed by atoms with van der Waals surface area (Å²) < 4.78 is 6.19. The van der Waals surface area contributed by atoms with Gasteiger partial charge in [0.05, 0.1) is 13.2 Å². The van der Waals surface area contributed by atoms with Crippen LogP contribution in [0.4, 0.5) is 0 Å². The van der Waals surface area contributed by atoms with Gasteiger partial charge in [0, 0.05) is 32.3 Å². The van der Waals surface area contributed by atoms with Crippen LogP contribution in [0.3, 0.4) is 0 Å². The second-order valence-electron chi connectivity index (χ2n) is 6.17.